The summed E-state index contributed by atoms with van der Waals surface area (Å²) in [6, 6.07) is 39.4. The highest BCUT2D eigenvalue weighted by molar-refractivity contribution is 6.15. The van der Waals surface area contributed by atoms with Crippen LogP contribution in [-0.2, 0) is 11.2 Å². The van der Waals surface area contributed by atoms with Gasteiger partial charge in [-0.25, -0.2) is 0 Å². The Morgan fingerprint density at radius 1 is 0.556 bits per heavy atom. The first-order valence-electron chi connectivity index (χ1n) is 12.1. The number of benzene rings is 6. The third-order valence-electron chi connectivity index (χ3n) is 6.76. The van der Waals surface area contributed by atoms with Gasteiger partial charge in [-0.3, -0.25) is 4.79 Å². The minimum atomic E-state index is -0.829. The maximum Gasteiger partial charge on any atom is 0.307 e. The molecule has 0 heterocycles. The van der Waals surface area contributed by atoms with Crippen LogP contribution in [0.1, 0.15) is 16.7 Å². The summed E-state index contributed by atoms with van der Waals surface area (Å²) in [6.07, 6.45) is 4.45. The Bertz CT molecular complexity index is 1870. The van der Waals surface area contributed by atoms with Crippen LogP contribution in [0.25, 0.3) is 44.5 Å². The molecule has 2 nitrogen and oxygen atoms in total. The molecule has 0 bridgehead atoms. The van der Waals surface area contributed by atoms with Crippen molar-refractivity contribution in [1.29, 1.82) is 0 Å². The van der Waals surface area contributed by atoms with Gasteiger partial charge in [-0.05, 0) is 77.7 Å². The highest BCUT2D eigenvalue weighted by Gasteiger charge is 2.14. The molecule has 0 aliphatic carbocycles. The van der Waals surface area contributed by atoms with Crippen LogP contribution < -0.4 is 10.4 Å². The van der Waals surface area contributed by atoms with Crippen LogP contribution in [0.3, 0.4) is 0 Å². The lowest BCUT2D eigenvalue weighted by Gasteiger charge is -2.14. The second-order valence-electron chi connectivity index (χ2n) is 9.06. The second-order valence-corrected chi connectivity index (χ2v) is 9.06. The molecular weight excluding hydrogens is 440 g/mol. The molecule has 172 valence electrons. The molecule has 0 fully saturated rings. The lowest BCUT2D eigenvalue weighted by molar-refractivity contribution is -0.136. The summed E-state index contributed by atoms with van der Waals surface area (Å²) in [5.74, 6) is -0.829. The van der Waals surface area contributed by atoms with E-state index >= 15 is 0 Å². The number of carboxylic acids is 1. The number of aliphatic carboxylic acids is 1. The standard InChI is InChI=1S/C34H24O2/c35-33(36)22-25-21-32-30(19-23-11-3-1-4-12-23)27-16-8-9-17-28(27)31(20-24-13-5-2-6-14-24)34(32)29-18-10-7-15-26(25)29/h1-21H,22H2,(H,35,36)/b30-19-,31-20+. The zero-order valence-electron chi connectivity index (χ0n) is 19.7. The van der Waals surface area contributed by atoms with Gasteiger partial charge in [-0.15, -0.1) is 0 Å². The Hall–Kier alpha value is -4.69. The van der Waals surface area contributed by atoms with Crippen LogP contribution in [0, 0.1) is 0 Å². The molecule has 0 aliphatic heterocycles. The number of hydrogen-bond donors (Lipinski definition) is 1. The van der Waals surface area contributed by atoms with Gasteiger partial charge in [0, 0.05) is 0 Å². The fraction of sp³-hybridized carbons (Fsp3) is 0.0294. The lowest BCUT2D eigenvalue weighted by Crippen LogP contribution is -2.16. The number of carboxylic acid groups (broad SMARTS) is 1. The Kier molecular flexibility index (Phi) is 5.55. The Morgan fingerprint density at radius 3 is 1.61 bits per heavy atom. The average molecular weight is 465 g/mol. The molecule has 2 heteroatoms. The second kappa shape index (κ2) is 9.16. The van der Waals surface area contributed by atoms with E-state index in [4.69, 9.17) is 0 Å². The molecule has 6 aromatic carbocycles. The molecule has 0 spiro atoms. The van der Waals surface area contributed by atoms with Gasteiger partial charge < -0.3 is 5.11 Å². The van der Waals surface area contributed by atoms with Crippen molar-refractivity contribution in [2.24, 2.45) is 0 Å². The highest BCUT2D eigenvalue weighted by Crippen LogP contribution is 2.28. The summed E-state index contributed by atoms with van der Waals surface area (Å²) < 4.78 is 0. The van der Waals surface area contributed by atoms with Gasteiger partial charge in [0.25, 0.3) is 0 Å². The first kappa shape index (κ1) is 21.8. The molecule has 1 N–H and O–H groups in total. The van der Waals surface area contributed by atoms with Crippen molar-refractivity contribution >= 4 is 50.4 Å². The summed E-state index contributed by atoms with van der Waals surface area (Å²) in [5.41, 5.74) is 3.06. The van der Waals surface area contributed by atoms with Gasteiger partial charge in [-0.1, -0.05) is 109 Å². The van der Waals surface area contributed by atoms with Crippen LogP contribution in [0.2, 0.25) is 0 Å². The fourth-order valence-corrected chi connectivity index (χ4v) is 5.23. The molecule has 0 aliphatic rings. The van der Waals surface area contributed by atoms with Crippen molar-refractivity contribution in [3.8, 4) is 0 Å². The van der Waals surface area contributed by atoms with Crippen molar-refractivity contribution in [3.05, 3.63) is 142 Å². The number of hydrogen-bond acceptors (Lipinski definition) is 1. The maximum atomic E-state index is 11.8. The molecule has 6 rings (SSSR count). The topological polar surface area (TPSA) is 37.3 Å². The zero-order valence-corrected chi connectivity index (χ0v) is 19.7. The van der Waals surface area contributed by atoms with Crippen molar-refractivity contribution in [3.63, 3.8) is 0 Å². The molecule has 0 amide bonds. The summed E-state index contributed by atoms with van der Waals surface area (Å²) in [7, 11) is 0. The van der Waals surface area contributed by atoms with Gasteiger partial charge in [0.15, 0.2) is 0 Å². The summed E-state index contributed by atoms with van der Waals surface area (Å²) >= 11 is 0. The van der Waals surface area contributed by atoms with E-state index in [1.165, 1.54) is 5.39 Å². The van der Waals surface area contributed by atoms with Gasteiger partial charge in [0.2, 0.25) is 0 Å². The van der Waals surface area contributed by atoms with E-state index in [-0.39, 0.29) is 6.42 Å². The minimum absolute atomic E-state index is 0.0220. The van der Waals surface area contributed by atoms with Crippen molar-refractivity contribution in [1.82, 2.24) is 0 Å². The maximum absolute atomic E-state index is 11.8. The highest BCUT2D eigenvalue weighted by atomic mass is 16.4. The van der Waals surface area contributed by atoms with Crippen LogP contribution in [0.4, 0.5) is 0 Å². The molecular formula is C34H24O2. The van der Waals surface area contributed by atoms with Gasteiger partial charge in [0.05, 0.1) is 6.42 Å². The van der Waals surface area contributed by atoms with E-state index in [1.807, 2.05) is 42.5 Å². The molecule has 0 atom stereocenters. The molecule has 36 heavy (non-hydrogen) atoms. The SMILES string of the molecule is O=C(O)Cc1cc2/c(=C\c3ccccc3)c3ccccc3/c(=C\c3ccccc3)c2c2ccccc12. The third kappa shape index (κ3) is 3.93. The van der Waals surface area contributed by atoms with Crippen molar-refractivity contribution in [2.45, 2.75) is 6.42 Å². The molecule has 0 saturated heterocycles. The van der Waals surface area contributed by atoms with E-state index in [0.717, 1.165) is 54.1 Å². The lowest BCUT2D eigenvalue weighted by atomic mass is 9.89. The summed E-state index contributed by atoms with van der Waals surface area (Å²) in [6.45, 7) is 0. The first-order valence-corrected chi connectivity index (χ1v) is 12.1. The van der Waals surface area contributed by atoms with E-state index < -0.39 is 5.97 Å². The fourth-order valence-electron chi connectivity index (χ4n) is 5.23. The predicted octanol–water partition coefficient (Wildman–Crippen LogP) is 6.43. The Balaban J connectivity index is 1.91. The minimum Gasteiger partial charge on any atom is -0.481 e. The quantitative estimate of drug-likeness (QED) is 0.241. The largest absolute Gasteiger partial charge is 0.481 e. The monoisotopic (exact) mass is 464 g/mol. The summed E-state index contributed by atoms with van der Waals surface area (Å²) in [4.78, 5) is 11.8. The van der Waals surface area contributed by atoms with Crippen LogP contribution in [0.15, 0.2) is 115 Å². The van der Waals surface area contributed by atoms with E-state index in [0.29, 0.717) is 0 Å². The van der Waals surface area contributed by atoms with Gasteiger partial charge in [-0.2, -0.15) is 0 Å². The summed E-state index contributed by atoms with van der Waals surface area (Å²) in [5, 5.41) is 18.5. The number of fused-ring (bicyclic) bond motifs is 4. The zero-order chi connectivity index (χ0) is 24.5. The average Bonchev–Trinajstić information content (AvgIpc) is 2.91. The normalized spacial score (nSPS) is 12.6. The number of carbonyl (C=O) groups is 1. The molecule has 6 aromatic rings. The predicted molar refractivity (Wildman–Crippen MR) is 150 cm³/mol. The van der Waals surface area contributed by atoms with E-state index in [2.05, 4.69) is 84.9 Å². The molecule has 0 radical (unpaired) electrons. The van der Waals surface area contributed by atoms with Gasteiger partial charge in [0.1, 0.15) is 0 Å². The van der Waals surface area contributed by atoms with Crippen LogP contribution in [0.5, 0.6) is 0 Å². The van der Waals surface area contributed by atoms with Crippen molar-refractivity contribution in [2.75, 3.05) is 0 Å². The van der Waals surface area contributed by atoms with E-state index in [1.54, 1.807) is 0 Å². The first-order chi connectivity index (χ1) is 17.7. The van der Waals surface area contributed by atoms with Crippen LogP contribution >= 0.6 is 0 Å². The van der Waals surface area contributed by atoms with Crippen LogP contribution in [-0.4, -0.2) is 11.1 Å². The molecule has 0 unspecified atom stereocenters. The smallest absolute Gasteiger partial charge is 0.307 e. The third-order valence-corrected chi connectivity index (χ3v) is 6.76. The molecule has 0 aromatic heterocycles. The molecule has 0 saturated carbocycles. The van der Waals surface area contributed by atoms with Crippen molar-refractivity contribution < 1.29 is 9.90 Å². The van der Waals surface area contributed by atoms with Gasteiger partial charge >= 0.3 is 5.97 Å². The number of rotatable bonds is 4. The van der Waals surface area contributed by atoms with E-state index in [9.17, 15) is 9.90 Å². The Morgan fingerprint density at radius 2 is 1.03 bits per heavy atom. The Labute approximate surface area is 209 Å².